The molecule has 0 aliphatic carbocycles. The van der Waals surface area contributed by atoms with E-state index in [1.165, 1.54) is 6.26 Å². The minimum Gasteiger partial charge on any atom is -0.376 e. The molecule has 0 saturated carbocycles. The zero-order valence-corrected chi connectivity index (χ0v) is 12.6. The van der Waals surface area contributed by atoms with Crippen LogP contribution >= 0.6 is 18.2 Å². The van der Waals surface area contributed by atoms with Crippen molar-refractivity contribution >= 4 is 26.0 Å². The number of rotatable bonds is 6. The monoisotopic (exact) mass is 300 g/mol. The molecule has 1 saturated heterocycles. The molecule has 0 aromatic heterocycles. The lowest BCUT2D eigenvalue weighted by atomic mass is 9.94. The van der Waals surface area contributed by atoms with Crippen LogP contribution in [0.2, 0.25) is 0 Å². The highest BCUT2D eigenvalue weighted by Crippen LogP contribution is 2.56. The van der Waals surface area contributed by atoms with Gasteiger partial charge in [0.25, 0.3) is 0 Å². The van der Waals surface area contributed by atoms with Crippen LogP contribution in [0.5, 0.6) is 0 Å². The second-order valence-corrected chi connectivity index (χ2v) is 8.42. The third-order valence-corrected chi connectivity index (χ3v) is 5.21. The highest BCUT2D eigenvalue weighted by atomic mass is 32.7. The molecule has 0 aromatic carbocycles. The highest BCUT2D eigenvalue weighted by molar-refractivity contribution is 8.54. The molecule has 0 radical (unpaired) electrons. The molecule has 106 valence electrons. The van der Waals surface area contributed by atoms with E-state index in [-0.39, 0.29) is 12.7 Å². The van der Waals surface area contributed by atoms with E-state index in [1.807, 2.05) is 13.8 Å². The number of hydrogen-bond donors (Lipinski definition) is 1. The lowest BCUT2D eigenvalue weighted by Gasteiger charge is -2.22. The summed E-state index contributed by atoms with van der Waals surface area (Å²) in [6.07, 6.45) is -1.75. The maximum absolute atomic E-state index is 13.9. The molecule has 0 aromatic rings. The van der Waals surface area contributed by atoms with Crippen LogP contribution < -0.4 is 0 Å². The predicted octanol–water partition coefficient (Wildman–Crippen LogP) is 0.956. The van der Waals surface area contributed by atoms with E-state index in [0.29, 0.717) is 11.4 Å². The van der Waals surface area contributed by atoms with Crippen LogP contribution in [0.1, 0.15) is 13.8 Å². The Morgan fingerprint density at radius 1 is 1.61 bits per heavy atom. The topological polar surface area (TPSA) is 65.0 Å². The third kappa shape index (κ3) is 4.51. The molecule has 5 nitrogen and oxygen atoms in total. The second kappa shape index (κ2) is 6.73. The van der Waals surface area contributed by atoms with E-state index in [1.54, 1.807) is 7.85 Å². The molecular formula is C9H19BFO5PS. The minimum atomic E-state index is -3.83. The summed E-state index contributed by atoms with van der Waals surface area (Å²) in [4.78, 5) is 9.42. The van der Waals surface area contributed by atoms with E-state index < -0.39 is 31.2 Å². The van der Waals surface area contributed by atoms with E-state index in [4.69, 9.17) is 14.0 Å². The van der Waals surface area contributed by atoms with Crippen LogP contribution in [0.15, 0.2) is 0 Å². The fraction of sp³-hybridized carbons (Fsp3) is 1.00. The van der Waals surface area contributed by atoms with Crippen molar-refractivity contribution in [1.82, 2.24) is 0 Å². The smallest absolute Gasteiger partial charge is 0.376 e. The Bertz CT molecular complexity index is 321. The molecule has 1 unspecified atom stereocenters. The average Bonchev–Trinajstić information content (AvgIpc) is 2.54. The van der Waals surface area contributed by atoms with Gasteiger partial charge in [0.05, 0.1) is 18.7 Å². The number of ether oxygens (including phenoxy) is 2. The third-order valence-electron chi connectivity index (χ3n) is 2.60. The largest absolute Gasteiger partial charge is 0.386 e. The zero-order chi connectivity index (χ0) is 13.9. The Hall–Kier alpha value is 0.415. The molecule has 0 bridgehead atoms. The Balaban J connectivity index is 2.67. The standard InChI is InChI=1S/C9H19BFO5PS/c1-5(2)14-4-6-8(7(11)9(10)15-6)16-17(12,13)18-3/h5-9H,4,10H2,1-3H3,(H,12,13)/t6-,7-,8-,9-/m1/s1. The molecule has 5 atom stereocenters. The average molecular weight is 300 g/mol. The summed E-state index contributed by atoms with van der Waals surface area (Å²) in [6.45, 7) is 0.00469. The lowest BCUT2D eigenvalue weighted by Crippen LogP contribution is -2.34. The van der Waals surface area contributed by atoms with Crippen LogP contribution in [0.3, 0.4) is 0 Å². The lowest BCUT2D eigenvalue weighted by molar-refractivity contribution is -0.0426. The van der Waals surface area contributed by atoms with Gasteiger partial charge in [-0.1, -0.05) is 0 Å². The molecule has 1 aliphatic rings. The number of hydrogen-bond acceptors (Lipinski definition) is 5. The Morgan fingerprint density at radius 3 is 2.72 bits per heavy atom. The second-order valence-electron chi connectivity index (χ2n) is 4.43. The van der Waals surface area contributed by atoms with Gasteiger partial charge in [-0.2, -0.15) is 0 Å². The van der Waals surface area contributed by atoms with Crippen molar-refractivity contribution in [2.45, 2.75) is 44.3 Å². The van der Waals surface area contributed by atoms with Crippen LogP contribution in [0, 0.1) is 0 Å². The Labute approximate surface area is 111 Å². The summed E-state index contributed by atoms with van der Waals surface area (Å²) < 4.78 is 41.1. The zero-order valence-electron chi connectivity index (χ0n) is 10.9. The van der Waals surface area contributed by atoms with Crippen LogP contribution in [0.25, 0.3) is 0 Å². The molecule has 1 N–H and O–H groups in total. The van der Waals surface area contributed by atoms with Crippen molar-refractivity contribution in [3.8, 4) is 0 Å². The van der Waals surface area contributed by atoms with E-state index in [9.17, 15) is 13.8 Å². The van der Waals surface area contributed by atoms with Crippen molar-refractivity contribution in [3.05, 3.63) is 0 Å². The summed E-state index contributed by atoms with van der Waals surface area (Å²) >= 11 is 0.669. The predicted molar refractivity (Wildman–Crippen MR) is 71.4 cm³/mol. The summed E-state index contributed by atoms with van der Waals surface area (Å²) in [6, 6.07) is -0.669. The molecule has 1 rings (SSSR count). The first kappa shape index (κ1) is 16.5. The summed E-state index contributed by atoms with van der Waals surface area (Å²) in [5.41, 5.74) is 0. The first-order chi connectivity index (χ1) is 8.26. The molecule has 0 amide bonds. The normalized spacial score (nSPS) is 35.9. The highest BCUT2D eigenvalue weighted by Gasteiger charge is 2.46. The van der Waals surface area contributed by atoms with Gasteiger partial charge < -0.3 is 14.4 Å². The van der Waals surface area contributed by atoms with Gasteiger partial charge in [0.15, 0.2) is 0 Å². The molecule has 1 heterocycles. The van der Waals surface area contributed by atoms with Crippen LogP contribution in [-0.2, 0) is 18.6 Å². The number of alkyl halides is 1. The van der Waals surface area contributed by atoms with Gasteiger partial charge in [0, 0.05) is 0 Å². The molecule has 0 spiro atoms. The first-order valence-electron chi connectivity index (χ1n) is 5.75. The molecular weight excluding hydrogens is 281 g/mol. The van der Waals surface area contributed by atoms with Crippen LogP contribution in [0.4, 0.5) is 4.39 Å². The molecule has 1 fully saturated rings. The van der Waals surface area contributed by atoms with Gasteiger partial charge in [-0.15, -0.1) is 0 Å². The Kier molecular flexibility index (Phi) is 6.15. The molecule has 18 heavy (non-hydrogen) atoms. The minimum absolute atomic E-state index is 0.0234. The van der Waals surface area contributed by atoms with E-state index >= 15 is 0 Å². The number of halogens is 1. The fourth-order valence-electron chi connectivity index (χ4n) is 1.64. The van der Waals surface area contributed by atoms with Crippen molar-refractivity contribution in [1.29, 1.82) is 0 Å². The fourth-order valence-corrected chi connectivity index (χ4v) is 2.85. The summed E-state index contributed by atoms with van der Waals surface area (Å²) in [5.74, 6) is 0. The maximum Gasteiger partial charge on any atom is 0.386 e. The van der Waals surface area contributed by atoms with Crippen molar-refractivity contribution in [3.63, 3.8) is 0 Å². The van der Waals surface area contributed by atoms with Gasteiger partial charge in [-0.25, -0.2) is 8.96 Å². The van der Waals surface area contributed by atoms with E-state index in [2.05, 4.69) is 0 Å². The van der Waals surface area contributed by atoms with Gasteiger partial charge in [-0.3, -0.25) is 4.52 Å². The summed E-state index contributed by atoms with van der Waals surface area (Å²) in [5, 5.41) is 0. The Morgan fingerprint density at radius 2 is 2.22 bits per heavy atom. The summed E-state index contributed by atoms with van der Waals surface area (Å²) in [7, 11) is 1.57. The SMILES string of the molecule is B[C@@H]1O[C@H](COC(C)C)[C@@H](OP(=O)(O)SC)[C@H]1F. The molecule has 9 heteroatoms. The van der Waals surface area contributed by atoms with Gasteiger partial charge >= 0.3 is 6.80 Å². The quantitative estimate of drug-likeness (QED) is 0.582. The first-order valence-corrected chi connectivity index (χ1v) is 9.15. The van der Waals surface area contributed by atoms with Crippen molar-refractivity contribution < 1.29 is 27.8 Å². The van der Waals surface area contributed by atoms with Gasteiger partial charge in [-0.05, 0) is 31.5 Å². The van der Waals surface area contributed by atoms with Crippen molar-refractivity contribution in [2.75, 3.05) is 12.9 Å². The van der Waals surface area contributed by atoms with Gasteiger partial charge in [0.1, 0.15) is 26.2 Å². The van der Waals surface area contributed by atoms with Crippen LogP contribution in [-0.4, -0.2) is 56.1 Å². The van der Waals surface area contributed by atoms with Crippen molar-refractivity contribution in [2.24, 2.45) is 0 Å². The van der Waals surface area contributed by atoms with Gasteiger partial charge in [0.2, 0.25) is 0 Å². The molecule has 1 aliphatic heterocycles. The maximum atomic E-state index is 13.9. The van der Waals surface area contributed by atoms with E-state index in [0.717, 1.165) is 0 Å².